The van der Waals surface area contributed by atoms with Gasteiger partial charge in [-0.3, -0.25) is 0 Å². The molecular weight excluding hydrogens is 204 g/mol. The van der Waals surface area contributed by atoms with Crippen molar-refractivity contribution in [3.05, 3.63) is 36.5 Å². The molecule has 80 valence electrons. The third-order valence-electron chi connectivity index (χ3n) is 2.51. The summed E-state index contributed by atoms with van der Waals surface area (Å²) in [5, 5.41) is 8.93. The van der Waals surface area contributed by atoms with Crippen molar-refractivity contribution in [2.75, 3.05) is 0 Å². The Morgan fingerprint density at radius 2 is 2.19 bits per heavy atom. The standard InChI is InChI=1S/C11H10N4O/c16-5-11-12-4-10(15-11)7-1-2-8-9(3-7)14-6-13-8/h1-4,6,16H,5H2,(H,12,15)(H,13,14). The van der Waals surface area contributed by atoms with Crippen LogP contribution in [0.2, 0.25) is 0 Å². The fourth-order valence-corrected chi connectivity index (χ4v) is 1.69. The van der Waals surface area contributed by atoms with Crippen LogP contribution in [0.25, 0.3) is 22.3 Å². The van der Waals surface area contributed by atoms with Crippen LogP contribution in [0.1, 0.15) is 5.82 Å². The minimum absolute atomic E-state index is 0.0771. The molecule has 0 aliphatic heterocycles. The van der Waals surface area contributed by atoms with Gasteiger partial charge in [0, 0.05) is 5.56 Å². The second-order valence-corrected chi connectivity index (χ2v) is 3.54. The minimum Gasteiger partial charge on any atom is -0.388 e. The highest BCUT2D eigenvalue weighted by molar-refractivity contribution is 5.80. The number of aromatic nitrogens is 4. The number of aromatic amines is 2. The molecular formula is C11H10N4O. The van der Waals surface area contributed by atoms with Crippen LogP contribution in [-0.2, 0) is 6.61 Å². The first-order chi connectivity index (χ1) is 7.86. The lowest BCUT2D eigenvalue weighted by atomic mass is 10.1. The van der Waals surface area contributed by atoms with Gasteiger partial charge in [-0.25, -0.2) is 9.97 Å². The van der Waals surface area contributed by atoms with Gasteiger partial charge >= 0.3 is 0 Å². The van der Waals surface area contributed by atoms with Crippen molar-refractivity contribution in [2.24, 2.45) is 0 Å². The van der Waals surface area contributed by atoms with E-state index < -0.39 is 0 Å². The first-order valence-corrected chi connectivity index (χ1v) is 4.95. The van der Waals surface area contributed by atoms with Gasteiger partial charge < -0.3 is 15.1 Å². The van der Waals surface area contributed by atoms with Gasteiger partial charge in [-0.2, -0.15) is 0 Å². The topological polar surface area (TPSA) is 77.6 Å². The molecule has 0 bridgehead atoms. The van der Waals surface area contributed by atoms with Gasteiger partial charge in [-0.15, -0.1) is 0 Å². The fourth-order valence-electron chi connectivity index (χ4n) is 1.69. The van der Waals surface area contributed by atoms with Crippen molar-refractivity contribution in [3.63, 3.8) is 0 Å². The van der Waals surface area contributed by atoms with Gasteiger partial charge in [0.15, 0.2) is 0 Å². The molecule has 0 saturated heterocycles. The number of fused-ring (bicyclic) bond motifs is 1. The van der Waals surface area contributed by atoms with Crippen molar-refractivity contribution < 1.29 is 5.11 Å². The van der Waals surface area contributed by atoms with Crippen LogP contribution in [0.3, 0.4) is 0 Å². The monoisotopic (exact) mass is 214 g/mol. The van der Waals surface area contributed by atoms with Gasteiger partial charge in [0.1, 0.15) is 12.4 Å². The number of nitrogens with zero attached hydrogens (tertiary/aromatic N) is 2. The maximum Gasteiger partial charge on any atom is 0.132 e. The van der Waals surface area contributed by atoms with Crippen molar-refractivity contribution in [1.29, 1.82) is 0 Å². The maximum atomic E-state index is 8.93. The van der Waals surface area contributed by atoms with Crippen LogP contribution in [0.5, 0.6) is 0 Å². The second-order valence-electron chi connectivity index (χ2n) is 3.54. The van der Waals surface area contributed by atoms with Crippen molar-refractivity contribution >= 4 is 11.0 Å². The number of aliphatic hydroxyl groups is 1. The first-order valence-electron chi connectivity index (χ1n) is 4.95. The second kappa shape index (κ2) is 3.46. The van der Waals surface area contributed by atoms with Crippen molar-refractivity contribution in [2.45, 2.75) is 6.61 Å². The van der Waals surface area contributed by atoms with E-state index in [0.717, 1.165) is 22.3 Å². The molecule has 0 fully saturated rings. The number of benzene rings is 1. The van der Waals surface area contributed by atoms with E-state index in [4.69, 9.17) is 5.11 Å². The van der Waals surface area contributed by atoms with Crippen molar-refractivity contribution in [3.8, 4) is 11.3 Å². The average Bonchev–Trinajstić information content (AvgIpc) is 2.96. The summed E-state index contributed by atoms with van der Waals surface area (Å²) in [6, 6.07) is 5.91. The molecule has 0 spiro atoms. The molecule has 0 radical (unpaired) electrons. The van der Waals surface area contributed by atoms with E-state index in [1.165, 1.54) is 0 Å². The fraction of sp³-hybridized carbons (Fsp3) is 0.0909. The number of imidazole rings is 2. The summed E-state index contributed by atoms with van der Waals surface area (Å²) in [6.45, 7) is -0.0771. The van der Waals surface area contributed by atoms with Crippen LogP contribution in [0.4, 0.5) is 0 Å². The number of hydrogen-bond acceptors (Lipinski definition) is 3. The smallest absolute Gasteiger partial charge is 0.132 e. The summed E-state index contributed by atoms with van der Waals surface area (Å²) in [5.74, 6) is 0.569. The molecule has 0 aliphatic carbocycles. The van der Waals surface area contributed by atoms with Crippen LogP contribution >= 0.6 is 0 Å². The lowest BCUT2D eigenvalue weighted by Gasteiger charge is -1.97. The molecule has 5 heteroatoms. The van der Waals surface area contributed by atoms with E-state index in [2.05, 4.69) is 19.9 Å². The molecule has 0 aliphatic rings. The molecule has 0 atom stereocenters. The molecule has 0 unspecified atom stereocenters. The van der Waals surface area contributed by atoms with E-state index in [9.17, 15) is 0 Å². The van der Waals surface area contributed by atoms with Crippen LogP contribution in [0, 0.1) is 0 Å². The SMILES string of the molecule is OCc1ncc(-c2ccc3nc[nH]c3c2)[nH]1. The Bertz CT molecular complexity index is 625. The predicted molar refractivity (Wildman–Crippen MR) is 59.6 cm³/mol. The Kier molecular flexibility index (Phi) is 1.97. The van der Waals surface area contributed by atoms with Crippen LogP contribution < -0.4 is 0 Å². The van der Waals surface area contributed by atoms with Gasteiger partial charge in [-0.1, -0.05) is 6.07 Å². The average molecular weight is 214 g/mol. The molecule has 3 rings (SSSR count). The predicted octanol–water partition coefficient (Wildman–Crippen LogP) is 1.45. The molecule has 0 saturated carbocycles. The molecule has 0 amide bonds. The molecule has 3 aromatic rings. The van der Waals surface area contributed by atoms with E-state index in [-0.39, 0.29) is 6.61 Å². The quantitative estimate of drug-likeness (QED) is 0.604. The number of aliphatic hydroxyl groups excluding tert-OH is 1. The van der Waals surface area contributed by atoms with E-state index in [1.807, 2.05) is 18.2 Å². The van der Waals surface area contributed by atoms with Gasteiger partial charge in [-0.05, 0) is 12.1 Å². The van der Waals surface area contributed by atoms with Gasteiger partial charge in [0.25, 0.3) is 0 Å². The molecule has 16 heavy (non-hydrogen) atoms. The Hall–Kier alpha value is -2.14. The highest BCUT2D eigenvalue weighted by Crippen LogP contribution is 2.21. The van der Waals surface area contributed by atoms with Gasteiger partial charge in [0.2, 0.25) is 0 Å². The van der Waals surface area contributed by atoms with E-state index in [0.29, 0.717) is 5.82 Å². The summed E-state index contributed by atoms with van der Waals surface area (Å²) < 4.78 is 0. The maximum absolute atomic E-state index is 8.93. The Labute approximate surface area is 91.2 Å². The first kappa shape index (κ1) is 9.11. The third kappa shape index (κ3) is 1.38. The minimum atomic E-state index is -0.0771. The Morgan fingerprint density at radius 3 is 3.00 bits per heavy atom. The Morgan fingerprint density at radius 1 is 1.25 bits per heavy atom. The summed E-state index contributed by atoms with van der Waals surface area (Å²) in [7, 11) is 0. The lowest BCUT2D eigenvalue weighted by Crippen LogP contribution is -1.84. The van der Waals surface area contributed by atoms with E-state index >= 15 is 0 Å². The zero-order valence-corrected chi connectivity index (χ0v) is 8.44. The summed E-state index contributed by atoms with van der Waals surface area (Å²) in [6.07, 6.45) is 3.38. The van der Waals surface area contributed by atoms with Crippen molar-refractivity contribution in [1.82, 2.24) is 19.9 Å². The summed E-state index contributed by atoms with van der Waals surface area (Å²) in [5.41, 5.74) is 3.83. The zero-order valence-electron chi connectivity index (χ0n) is 8.44. The molecule has 1 aromatic carbocycles. The van der Waals surface area contributed by atoms with E-state index in [1.54, 1.807) is 12.5 Å². The summed E-state index contributed by atoms with van der Waals surface area (Å²) in [4.78, 5) is 14.3. The highest BCUT2D eigenvalue weighted by atomic mass is 16.3. The van der Waals surface area contributed by atoms with Crippen LogP contribution in [-0.4, -0.2) is 25.0 Å². The summed E-state index contributed by atoms with van der Waals surface area (Å²) >= 11 is 0. The third-order valence-corrected chi connectivity index (χ3v) is 2.51. The molecule has 5 nitrogen and oxygen atoms in total. The normalized spacial score (nSPS) is 11.1. The van der Waals surface area contributed by atoms with Crippen LogP contribution in [0.15, 0.2) is 30.7 Å². The zero-order chi connectivity index (χ0) is 11.0. The lowest BCUT2D eigenvalue weighted by molar-refractivity contribution is 0.272. The number of rotatable bonds is 2. The highest BCUT2D eigenvalue weighted by Gasteiger charge is 2.04. The number of H-pyrrole nitrogens is 2. The molecule has 3 N–H and O–H groups in total. The number of nitrogens with one attached hydrogen (secondary N) is 2. The largest absolute Gasteiger partial charge is 0.388 e. The molecule has 2 heterocycles. The molecule has 2 aromatic heterocycles. The Balaban J connectivity index is 2.10. The van der Waals surface area contributed by atoms with Gasteiger partial charge in [0.05, 0.1) is 29.3 Å². The number of hydrogen-bond donors (Lipinski definition) is 3.